The number of carboxylic acid groups (broad SMARTS) is 1. The smallest absolute Gasteiger partial charge is 0.348 e. The number of rotatable bonds is 2. The molecule has 15 heavy (non-hydrogen) atoms. The van der Waals surface area contributed by atoms with Gasteiger partial charge in [-0.1, -0.05) is 0 Å². The van der Waals surface area contributed by atoms with Crippen LogP contribution in [0.4, 0.5) is 0 Å². The number of thiophene rings is 1. The predicted octanol–water partition coefficient (Wildman–Crippen LogP) is 0.629. The minimum Gasteiger partial charge on any atom is -0.477 e. The van der Waals surface area contributed by atoms with Gasteiger partial charge in [0.1, 0.15) is 16.2 Å². The van der Waals surface area contributed by atoms with Crippen LogP contribution >= 0.6 is 11.3 Å². The number of aromatic nitrogens is 3. The van der Waals surface area contributed by atoms with Gasteiger partial charge in [0.2, 0.25) is 0 Å². The fourth-order valence-electron chi connectivity index (χ4n) is 1.20. The molecular formula is C8H7N3O3S. The third-order valence-corrected chi connectivity index (χ3v) is 3.11. The molecule has 0 saturated heterocycles. The zero-order chi connectivity index (χ0) is 11.0. The number of carboxylic acids is 1. The molecule has 78 valence electrons. The molecule has 7 heteroatoms. The molecule has 0 fully saturated rings. The summed E-state index contributed by atoms with van der Waals surface area (Å²) in [6.07, 6.45) is 1.32. The van der Waals surface area contributed by atoms with Gasteiger partial charge in [0, 0.05) is 0 Å². The zero-order valence-corrected chi connectivity index (χ0v) is 8.54. The number of hydrogen-bond acceptors (Lipinski definition) is 4. The fraction of sp³-hybridized carbons (Fsp3) is 0.125. The first-order valence-electron chi connectivity index (χ1n) is 4.05. The van der Waals surface area contributed by atoms with Crippen molar-refractivity contribution in [1.82, 2.24) is 14.8 Å². The molecule has 0 saturated carbocycles. The minimum atomic E-state index is -0.986. The Hall–Kier alpha value is -1.89. The second-order valence-electron chi connectivity index (χ2n) is 2.93. The first-order valence-corrected chi connectivity index (χ1v) is 4.87. The zero-order valence-electron chi connectivity index (χ0n) is 7.72. The normalized spacial score (nSPS) is 10.5. The molecule has 0 aliphatic rings. The first kappa shape index (κ1) is 9.66. The average molecular weight is 225 g/mol. The molecule has 2 N–H and O–H groups in total. The van der Waals surface area contributed by atoms with Crippen molar-refractivity contribution in [3.8, 4) is 5.00 Å². The largest absolute Gasteiger partial charge is 0.477 e. The van der Waals surface area contributed by atoms with Crippen LogP contribution in [0.15, 0.2) is 17.2 Å². The highest BCUT2D eigenvalue weighted by atomic mass is 32.1. The molecular weight excluding hydrogens is 218 g/mol. The molecule has 2 rings (SSSR count). The molecule has 2 aromatic rings. The number of H-pyrrole nitrogens is 1. The van der Waals surface area contributed by atoms with Crippen molar-refractivity contribution >= 4 is 17.3 Å². The van der Waals surface area contributed by atoms with E-state index >= 15 is 0 Å². The van der Waals surface area contributed by atoms with Gasteiger partial charge in [-0.25, -0.2) is 19.3 Å². The summed E-state index contributed by atoms with van der Waals surface area (Å²) in [7, 11) is 0. The van der Waals surface area contributed by atoms with E-state index in [0.29, 0.717) is 10.6 Å². The van der Waals surface area contributed by atoms with Crippen molar-refractivity contribution in [3.05, 3.63) is 33.3 Å². The Labute approximate surface area is 87.8 Å². The molecule has 0 bridgehead atoms. The Morgan fingerprint density at radius 3 is 2.87 bits per heavy atom. The van der Waals surface area contributed by atoms with Crippen LogP contribution in [-0.4, -0.2) is 25.8 Å². The van der Waals surface area contributed by atoms with E-state index in [-0.39, 0.29) is 10.6 Å². The van der Waals surface area contributed by atoms with Crippen molar-refractivity contribution in [2.24, 2.45) is 0 Å². The Morgan fingerprint density at radius 2 is 2.40 bits per heavy atom. The maximum atomic E-state index is 11.2. The van der Waals surface area contributed by atoms with Crippen molar-refractivity contribution < 1.29 is 9.90 Å². The van der Waals surface area contributed by atoms with Crippen molar-refractivity contribution in [1.29, 1.82) is 0 Å². The molecule has 0 aromatic carbocycles. The van der Waals surface area contributed by atoms with Gasteiger partial charge in [-0.15, -0.1) is 11.3 Å². The lowest BCUT2D eigenvalue weighted by atomic mass is 10.3. The summed E-state index contributed by atoms with van der Waals surface area (Å²) in [5.74, 6) is -0.986. The van der Waals surface area contributed by atoms with Crippen LogP contribution < -0.4 is 5.69 Å². The maximum Gasteiger partial charge on any atom is 0.348 e. The Kier molecular flexibility index (Phi) is 2.16. The third kappa shape index (κ3) is 1.57. The summed E-state index contributed by atoms with van der Waals surface area (Å²) >= 11 is 1.04. The van der Waals surface area contributed by atoms with Gasteiger partial charge >= 0.3 is 11.7 Å². The number of aryl methyl sites for hydroxylation is 1. The molecule has 0 aliphatic heterocycles. The predicted molar refractivity (Wildman–Crippen MR) is 53.8 cm³/mol. The molecule has 2 aromatic heterocycles. The molecule has 6 nitrogen and oxygen atoms in total. The van der Waals surface area contributed by atoms with Crippen LogP contribution in [0, 0.1) is 6.92 Å². The van der Waals surface area contributed by atoms with Gasteiger partial charge in [0.05, 0.1) is 0 Å². The number of aromatic carboxylic acids is 1. The third-order valence-electron chi connectivity index (χ3n) is 1.89. The van der Waals surface area contributed by atoms with Gasteiger partial charge < -0.3 is 5.11 Å². The molecule has 0 aliphatic carbocycles. The van der Waals surface area contributed by atoms with Crippen LogP contribution in [0.25, 0.3) is 5.00 Å². The minimum absolute atomic E-state index is 0.234. The second kappa shape index (κ2) is 3.35. The molecule has 0 amide bonds. The summed E-state index contributed by atoms with van der Waals surface area (Å²) in [6, 6.07) is 1.64. The van der Waals surface area contributed by atoms with Crippen molar-refractivity contribution in [2.45, 2.75) is 6.92 Å². The topological polar surface area (TPSA) is 88.0 Å². The van der Waals surface area contributed by atoms with E-state index in [2.05, 4.69) is 10.2 Å². The van der Waals surface area contributed by atoms with Crippen LogP contribution in [0.5, 0.6) is 0 Å². The highest BCUT2D eigenvalue weighted by molar-refractivity contribution is 7.16. The SMILES string of the molecule is Cc1cc(-n2cn[nH]c2=O)sc1C(=O)O. The lowest BCUT2D eigenvalue weighted by Gasteiger charge is -1.90. The number of nitrogens with zero attached hydrogens (tertiary/aromatic N) is 2. The molecule has 2 heterocycles. The highest BCUT2D eigenvalue weighted by Crippen LogP contribution is 2.23. The van der Waals surface area contributed by atoms with Crippen molar-refractivity contribution in [3.63, 3.8) is 0 Å². The molecule has 0 radical (unpaired) electrons. The van der Waals surface area contributed by atoms with Crippen molar-refractivity contribution in [2.75, 3.05) is 0 Å². The quantitative estimate of drug-likeness (QED) is 0.784. The van der Waals surface area contributed by atoms with Gasteiger partial charge in [-0.3, -0.25) is 0 Å². The number of nitrogens with one attached hydrogen (secondary N) is 1. The van der Waals surface area contributed by atoms with Gasteiger partial charge in [-0.2, -0.15) is 5.10 Å². The summed E-state index contributed by atoms with van der Waals surface area (Å²) in [4.78, 5) is 22.2. The summed E-state index contributed by atoms with van der Waals surface area (Å²) < 4.78 is 1.27. The maximum absolute atomic E-state index is 11.2. The standard InChI is InChI=1S/C8H7N3O3S/c1-4-2-5(15-6(4)7(12)13)11-3-9-10-8(11)14/h2-3H,1H3,(H,10,14)(H,12,13). The monoisotopic (exact) mass is 225 g/mol. The molecule has 0 atom stereocenters. The number of hydrogen-bond donors (Lipinski definition) is 2. The fourth-order valence-corrected chi connectivity index (χ4v) is 2.18. The van der Waals surface area contributed by atoms with E-state index in [1.807, 2.05) is 0 Å². The average Bonchev–Trinajstić information content (AvgIpc) is 2.71. The summed E-state index contributed by atoms with van der Waals surface area (Å²) in [5, 5.41) is 15.2. The van der Waals surface area contributed by atoms with Crippen LogP contribution in [0.2, 0.25) is 0 Å². The lowest BCUT2D eigenvalue weighted by Crippen LogP contribution is -2.12. The van der Waals surface area contributed by atoms with Gasteiger partial charge in [0.25, 0.3) is 0 Å². The van der Waals surface area contributed by atoms with Gasteiger partial charge in [-0.05, 0) is 18.6 Å². The van der Waals surface area contributed by atoms with E-state index in [1.165, 1.54) is 10.9 Å². The second-order valence-corrected chi connectivity index (χ2v) is 3.96. The number of aromatic amines is 1. The lowest BCUT2D eigenvalue weighted by molar-refractivity contribution is 0.0701. The Bertz CT molecular complexity index is 566. The van der Waals surface area contributed by atoms with E-state index in [0.717, 1.165) is 11.3 Å². The van der Waals surface area contributed by atoms with Crippen LogP contribution in [0.1, 0.15) is 15.2 Å². The first-order chi connectivity index (χ1) is 7.09. The molecule has 0 spiro atoms. The Morgan fingerprint density at radius 1 is 1.67 bits per heavy atom. The Balaban J connectivity index is 2.57. The highest BCUT2D eigenvalue weighted by Gasteiger charge is 2.14. The van der Waals surface area contributed by atoms with E-state index < -0.39 is 5.97 Å². The summed E-state index contributed by atoms with van der Waals surface area (Å²) in [5.41, 5.74) is 0.254. The van der Waals surface area contributed by atoms with Gasteiger partial charge in [0.15, 0.2) is 0 Å². The summed E-state index contributed by atoms with van der Waals surface area (Å²) in [6.45, 7) is 1.69. The van der Waals surface area contributed by atoms with E-state index in [1.54, 1.807) is 13.0 Å². The van der Waals surface area contributed by atoms with E-state index in [4.69, 9.17) is 5.11 Å². The van der Waals surface area contributed by atoms with Crippen LogP contribution in [-0.2, 0) is 0 Å². The van der Waals surface area contributed by atoms with Crippen LogP contribution in [0.3, 0.4) is 0 Å². The number of carbonyl (C=O) groups is 1. The molecule has 0 unspecified atom stereocenters. The van der Waals surface area contributed by atoms with E-state index in [9.17, 15) is 9.59 Å².